The molecule has 0 unspecified atom stereocenters. The van der Waals surface area contributed by atoms with Gasteiger partial charge < -0.3 is 0 Å². The van der Waals surface area contributed by atoms with E-state index in [9.17, 15) is 8.42 Å². The normalized spacial score (nSPS) is 11.2. The molecule has 0 atom stereocenters. The third-order valence-electron chi connectivity index (χ3n) is 3.37. The molecule has 5 heteroatoms. The van der Waals surface area contributed by atoms with Crippen LogP contribution in [0.25, 0.3) is 11.1 Å². The molecular formula is C18H14ClNO2S. The second kappa shape index (κ2) is 6.44. The predicted molar refractivity (Wildman–Crippen MR) is 94.1 cm³/mol. The van der Waals surface area contributed by atoms with Gasteiger partial charge in [0.2, 0.25) is 0 Å². The number of sulfonamides is 1. The lowest BCUT2D eigenvalue weighted by Crippen LogP contribution is -2.12. The zero-order valence-corrected chi connectivity index (χ0v) is 13.7. The molecule has 0 aliphatic heterocycles. The number of anilines is 1. The molecule has 3 rings (SSSR count). The molecule has 0 saturated carbocycles. The Balaban J connectivity index is 1.81. The highest BCUT2D eigenvalue weighted by Crippen LogP contribution is 2.24. The summed E-state index contributed by atoms with van der Waals surface area (Å²) in [5, 5.41) is 0.681. The molecule has 0 radical (unpaired) electrons. The Morgan fingerprint density at radius 3 is 1.78 bits per heavy atom. The highest BCUT2D eigenvalue weighted by Gasteiger charge is 2.13. The molecule has 0 aliphatic rings. The second-order valence-electron chi connectivity index (χ2n) is 5.00. The Morgan fingerprint density at radius 2 is 1.22 bits per heavy atom. The quantitative estimate of drug-likeness (QED) is 0.739. The van der Waals surface area contributed by atoms with Gasteiger partial charge in [-0.3, -0.25) is 4.72 Å². The lowest BCUT2D eigenvalue weighted by molar-refractivity contribution is 0.601. The Labute approximate surface area is 140 Å². The molecule has 0 spiro atoms. The molecule has 0 fully saturated rings. The van der Waals surface area contributed by atoms with Crippen molar-refractivity contribution in [3.63, 3.8) is 0 Å². The maximum absolute atomic E-state index is 12.3. The Hall–Kier alpha value is -2.30. The molecule has 0 amide bonds. The van der Waals surface area contributed by atoms with E-state index in [1.165, 1.54) is 0 Å². The van der Waals surface area contributed by atoms with Gasteiger partial charge in [0.05, 0.1) is 4.90 Å². The van der Waals surface area contributed by atoms with Gasteiger partial charge in [0.15, 0.2) is 0 Å². The summed E-state index contributed by atoms with van der Waals surface area (Å²) < 4.78 is 27.1. The zero-order chi connectivity index (χ0) is 16.3. The van der Waals surface area contributed by atoms with Crippen LogP contribution in [-0.4, -0.2) is 8.42 Å². The molecule has 3 aromatic carbocycles. The van der Waals surface area contributed by atoms with Crippen LogP contribution in [0.2, 0.25) is 5.02 Å². The van der Waals surface area contributed by atoms with Crippen LogP contribution in [0.5, 0.6) is 0 Å². The molecular weight excluding hydrogens is 330 g/mol. The lowest BCUT2D eigenvalue weighted by atomic mass is 10.1. The molecule has 23 heavy (non-hydrogen) atoms. The summed E-state index contributed by atoms with van der Waals surface area (Å²) in [5.74, 6) is 0. The van der Waals surface area contributed by atoms with E-state index in [1.807, 2.05) is 36.4 Å². The number of nitrogens with one attached hydrogen (secondary N) is 1. The predicted octanol–water partition coefficient (Wildman–Crippen LogP) is 4.81. The fourth-order valence-corrected chi connectivity index (χ4v) is 3.39. The summed E-state index contributed by atoms with van der Waals surface area (Å²) in [5.41, 5.74) is 2.53. The fourth-order valence-electron chi connectivity index (χ4n) is 2.19. The van der Waals surface area contributed by atoms with E-state index in [0.29, 0.717) is 10.7 Å². The van der Waals surface area contributed by atoms with Crippen molar-refractivity contribution in [3.8, 4) is 11.1 Å². The van der Waals surface area contributed by atoms with Crippen molar-refractivity contribution in [2.24, 2.45) is 0 Å². The summed E-state index contributed by atoms with van der Waals surface area (Å²) >= 11 is 5.88. The van der Waals surface area contributed by atoms with Crippen molar-refractivity contribution >= 4 is 27.3 Å². The number of halogens is 1. The first-order valence-corrected chi connectivity index (χ1v) is 8.85. The smallest absolute Gasteiger partial charge is 0.261 e. The Morgan fingerprint density at radius 1 is 0.696 bits per heavy atom. The third kappa shape index (κ3) is 3.73. The molecule has 1 N–H and O–H groups in total. The third-order valence-corrected chi connectivity index (χ3v) is 5.02. The summed E-state index contributed by atoms with van der Waals surface area (Å²) in [6.45, 7) is 0. The van der Waals surface area contributed by atoms with Crippen LogP contribution in [0.3, 0.4) is 0 Å². The van der Waals surface area contributed by atoms with Gasteiger partial charge in [0.25, 0.3) is 10.0 Å². The number of hydrogen-bond donors (Lipinski definition) is 1. The highest BCUT2D eigenvalue weighted by atomic mass is 35.5. The summed E-state index contributed by atoms with van der Waals surface area (Å²) in [6, 6.07) is 23.0. The van der Waals surface area contributed by atoms with Gasteiger partial charge in [-0.05, 0) is 47.5 Å². The van der Waals surface area contributed by atoms with Crippen molar-refractivity contribution in [2.75, 3.05) is 4.72 Å². The minimum atomic E-state index is -3.56. The minimum Gasteiger partial charge on any atom is -0.280 e. The standard InChI is InChI=1S/C18H14ClNO2S/c19-16-10-6-14(7-11-16)15-8-12-17(13-9-15)20-23(21,22)18-4-2-1-3-5-18/h1-13,20H. The van der Waals surface area contributed by atoms with Crippen LogP contribution in [0.1, 0.15) is 0 Å². The number of hydrogen-bond acceptors (Lipinski definition) is 2. The van der Waals surface area contributed by atoms with Crippen LogP contribution in [0.4, 0.5) is 5.69 Å². The maximum atomic E-state index is 12.3. The van der Waals surface area contributed by atoms with Crippen LogP contribution >= 0.6 is 11.6 Å². The van der Waals surface area contributed by atoms with Crippen LogP contribution in [-0.2, 0) is 10.0 Å². The van der Waals surface area contributed by atoms with Gasteiger partial charge in [0, 0.05) is 10.7 Å². The summed E-state index contributed by atoms with van der Waals surface area (Å²) in [4.78, 5) is 0.238. The van der Waals surface area contributed by atoms with Gasteiger partial charge >= 0.3 is 0 Å². The molecule has 0 saturated heterocycles. The second-order valence-corrected chi connectivity index (χ2v) is 7.12. The first-order valence-electron chi connectivity index (χ1n) is 6.98. The zero-order valence-electron chi connectivity index (χ0n) is 12.1. The van der Waals surface area contributed by atoms with E-state index in [4.69, 9.17) is 11.6 Å². The van der Waals surface area contributed by atoms with E-state index in [1.54, 1.807) is 42.5 Å². The van der Waals surface area contributed by atoms with Crippen molar-refractivity contribution in [2.45, 2.75) is 4.90 Å². The topological polar surface area (TPSA) is 46.2 Å². The van der Waals surface area contributed by atoms with E-state index >= 15 is 0 Å². The van der Waals surface area contributed by atoms with Crippen molar-refractivity contribution in [1.29, 1.82) is 0 Å². The van der Waals surface area contributed by atoms with Crippen molar-refractivity contribution < 1.29 is 8.42 Å². The summed E-state index contributed by atoms with van der Waals surface area (Å²) in [6.07, 6.45) is 0. The van der Waals surface area contributed by atoms with Gasteiger partial charge in [-0.15, -0.1) is 0 Å². The Kier molecular flexibility index (Phi) is 4.37. The molecule has 3 nitrogen and oxygen atoms in total. The Bertz CT molecular complexity index is 890. The molecule has 116 valence electrons. The first kappa shape index (κ1) is 15.6. The fraction of sp³-hybridized carbons (Fsp3) is 0. The SMILES string of the molecule is O=S(=O)(Nc1ccc(-c2ccc(Cl)cc2)cc1)c1ccccc1. The van der Waals surface area contributed by atoms with Gasteiger partial charge in [0.1, 0.15) is 0 Å². The van der Waals surface area contributed by atoms with E-state index in [-0.39, 0.29) is 4.90 Å². The average Bonchev–Trinajstić information content (AvgIpc) is 2.57. The van der Waals surface area contributed by atoms with E-state index in [0.717, 1.165) is 11.1 Å². The molecule has 3 aromatic rings. The molecule has 0 aromatic heterocycles. The average molecular weight is 344 g/mol. The maximum Gasteiger partial charge on any atom is 0.261 e. The van der Waals surface area contributed by atoms with Crippen LogP contribution in [0.15, 0.2) is 83.8 Å². The minimum absolute atomic E-state index is 0.238. The van der Waals surface area contributed by atoms with E-state index < -0.39 is 10.0 Å². The first-order chi connectivity index (χ1) is 11.0. The molecule has 0 bridgehead atoms. The lowest BCUT2D eigenvalue weighted by Gasteiger charge is -2.09. The largest absolute Gasteiger partial charge is 0.280 e. The molecule has 0 aliphatic carbocycles. The van der Waals surface area contributed by atoms with E-state index in [2.05, 4.69) is 4.72 Å². The van der Waals surface area contributed by atoms with Gasteiger partial charge in [-0.25, -0.2) is 8.42 Å². The van der Waals surface area contributed by atoms with Crippen LogP contribution < -0.4 is 4.72 Å². The highest BCUT2D eigenvalue weighted by molar-refractivity contribution is 7.92. The van der Waals surface area contributed by atoms with Gasteiger partial charge in [-0.2, -0.15) is 0 Å². The monoisotopic (exact) mass is 343 g/mol. The van der Waals surface area contributed by atoms with Crippen molar-refractivity contribution in [3.05, 3.63) is 83.9 Å². The number of benzene rings is 3. The van der Waals surface area contributed by atoms with Gasteiger partial charge in [-0.1, -0.05) is 54.1 Å². The van der Waals surface area contributed by atoms with Crippen LogP contribution in [0, 0.1) is 0 Å². The summed E-state index contributed by atoms with van der Waals surface area (Å²) in [7, 11) is -3.56. The van der Waals surface area contributed by atoms with Crippen molar-refractivity contribution in [1.82, 2.24) is 0 Å². The molecule has 0 heterocycles. The number of rotatable bonds is 4.